The molecule has 1 rings (SSSR count). The number of carbonyl (C=O) groups excluding carboxylic acids is 1. The third-order valence-corrected chi connectivity index (χ3v) is 3.88. The van der Waals surface area contributed by atoms with E-state index in [0.29, 0.717) is 28.6 Å². The van der Waals surface area contributed by atoms with Crippen LogP contribution in [-0.4, -0.2) is 35.5 Å². The molecule has 0 saturated heterocycles. The molecule has 1 amide bonds. The minimum Gasteiger partial charge on any atom is -0.506 e. The van der Waals surface area contributed by atoms with Gasteiger partial charge in [-0.2, -0.15) is 0 Å². The summed E-state index contributed by atoms with van der Waals surface area (Å²) in [5.74, 6) is 0.219. The highest BCUT2D eigenvalue weighted by atomic mass is 79.9. The van der Waals surface area contributed by atoms with Crippen molar-refractivity contribution in [1.82, 2.24) is 10.2 Å². The number of benzene rings is 1. The average Bonchev–Trinajstić information content (AvgIpc) is 2.35. The summed E-state index contributed by atoms with van der Waals surface area (Å²) in [5, 5.41) is 12.5. The summed E-state index contributed by atoms with van der Waals surface area (Å²) < 4.78 is 1.29. The maximum Gasteiger partial charge on any atom is 0.234 e. The van der Waals surface area contributed by atoms with Crippen LogP contribution in [-0.2, 0) is 11.3 Å². The number of likely N-dealkylation sites (N-methyl/N-ethyl adjacent to an activating group) is 2. The van der Waals surface area contributed by atoms with Gasteiger partial charge in [0, 0.05) is 13.1 Å². The molecule has 0 aromatic heterocycles. The number of amides is 1. The van der Waals surface area contributed by atoms with Crippen molar-refractivity contribution in [2.45, 2.75) is 20.4 Å². The highest BCUT2D eigenvalue weighted by molar-refractivity contribution is 9.11. The van der Waals surface area contributed by atoms with Crippen molar-refractivity contribution in [2.24, 2.45) is 0 Å². The van der Waals surface area contributed by atoms with Gasteiger partial charge in [-0.1, -0.05) is 6.92 Å². The Labute approximate surface area is 130 Å². The van der Waals surface area contributed by atoms with Gasteiger partial charge in [-0.15, -0.1) is 0 Å². The fourth-order valence-electron chi connectivity index (χ4n) is 1.70. The number of nitrogens with one attached hydrogen (secondary N) is 1. The van der Waals surface area contributed by atoms with Crippen molar-refractivity contribution in [3.05, 3.63) is 26.6 Å². The number of phenolic OH excluding ortho intramolecular Hbond substituents is 1. The minimum atomic E-state index is 0.0289. The van der Waals surface area contributed by atoms with E-state index in [0.717, 1.165) is 12.1 Å². The topological polar surface area (TPSA) is 52.6 Å². The Hall–Kier alpha value is -0.590. The lowest BCUT2D eigenvalue weighted by Crippen LogP contribution is -2.36. The lowest BCUT2D eigenvalue weighted by molar-refractivity contribution is -0.122. The highest BCUT2D eigenvalue weighted by Crippen LogP contribution is 2.33. The molecular weight excluding hydrogens is 376 g/mol. The Balaban J connectivity index is 2.73. The Morgan fingerprint density at radius 3 is 2.37 bits per heavy atom. The van der Waals surface area contributed by atoms with Crippen molar-refractivity contribution in [3.8, 4) is 5.75 Å². The van der Waals surface area contributed by atoms with Gasteiger partial charge < -0.3 is 10.4 Å². The van der Waals surface area contributed by atoms with Crippen molar-refractivity contribution < 1.29 is 9.90 Å². The molecule has 0 fully saturated rings. The van der Waals surface area contributed by atoms with Gasteiger partial charge in [0.25, 0.3) is 0 Å². The summed E-state index contributed by atoms with van der Waals surface area (Å²) in [6, 6.07) is 3.72. The van der Waals surface area contributed by atoms with Gasteiger partial charge in [0.05, 0.1) is 15.5 Å². The second-order valence-electron chi connectivity index (χ2n) is 4.16. The first-order valence-electron chi connectivity index (χ1n) is 6.13. The van der Waals surface area contributed by atoms with E-state index in [4.69, 9.17) is 0 Å². The van der Waals surface area contributed by atoms with Crippen LogP contribution in [0.3, 0.4) is 0 Å². The molecule has 0 aliphatic carbocycles. The molecule has 1 aromatic rings. The summed E-state index contributed by atoms with van der Waals surface area (Å²) >= 11 is 6.61. The molecule has 2 N–H and O–H groups in total. The van der Waals surface area contributed by atoms with E-state index in [1.807, 2.05) is 30.9 Å². The Morgan fingerprint density at radius 2 is 1.89 bits per heavy atom. The first kappa shape index (κ1) is 16.5. The molecule has 19 heavy (non-hydrogen) atoms. The zero-order valence-electron chi connectivity index (χ0n) is 11.0. The number of nitrogens with zero attached hydrogens (tertiary/aromatic N) is 1. The first-order chi connectivity index (χ1) is 8.97. The zero-order valence-corrected chi connectivity index (χ0v) is 14.2. The van der Waals surface area contributed by atoms with Gasteiger partial charge >= 0.3 is 0 Å². The van der Waals surface area contributed by atoms with Crippen molar-refractivity contribution >= 4 is 37.8 Å². The minimum absolute atomic E-state index is 0.0289. The molecule has 4 nitrogen and oxygen atoms in total. The predicted molar refractivity (Wildman–Crippen MR) is 83.1 cm³/mol. The van der Waals surface area contributed by atoms with E-state index in [2.05, 4.69) is 37.2 Å². The average molecular weight is 394 g/mol. The highest BCUT2D eigenvalue weighted by Gasteiger charge is 2.11. The van der Waals surface area contributed by atoms with Gasteiger partial charge in [-0.3, -0.25) is 9.69 Å². The molecule has 0 unspecified atom stereocenters. The molecule has 0 aliphatic rings. The number of hydrogen-bond donors (Lipinski definition) is 2. The zero-order chi connectivity index (χ0) is 14.4. The van der Waals surface area contributed by atoms with Gasteiger partial charge in [-0.05, 0) is 63.0 Å². The predicted octanol–water partition coefficient (Wildman–Crippen LogP) is 2.88. The summed E-state index contributed by atoms with van der Waals surface area (Å²) in [5.41, 5.74) is 1.03. The van der Waals surface area contributed by atoms with Crippen LogP contribution >= 0.6 is 31.9 Å². The molecule has 0 radical (unpaired) electrons. The Morgan fingerprint density at radius 1 is 1.32 bits per heavy atom. The first-order valence-corrected chi connectivity index (χ1v) is 7.72. The SMILES string of the molecule is CCNC(=O)CN(CC)Cc1cc(Br)c(O)c(Br)c1. The molecular formula is C13H18Br2N2O2. The third-order valence-electron chi connectivity index (χ3n) is 2.67. The van der Waals surface area contributed by atoms with E-state index in [9.17, 15) is 9.90 Å². The fourth-order valence-corrected chi connectivity index (χ4v) is 2.98. The molecule has 0 heterocycles. The largest absolute Gasteiger partial charge is 0.506 e. The van der Waals surface area contributed by atoms with E-state index >= 15 is 0 Å². The number of carbonyl (C=O) groups is 1. The number of aromatic hydroxyl groups is 1. The van der Waals surface area contributed by atoms with E-state index in [1.165, 1.54) is 0 Å². The van der Waals surface area contributed by atoms with Crippen LogP contribution in [0.25, 0.3) is 0 Å². The normalized spacial score (nSPS) is 10.8. The number of phenols is 1. The summed E-state index contributed by atoms with van der Waals surface area (Å²) in [4.78, 5) is 13.6. The molecule has 106 valence electrons. The Kier molecular flexibility index (Phi) is 6.82. The van der Waals surface area contributed by atoms with Gasteiger partial charge in [0.1, 0.15) is 5.75 Å². The number of rotatable bonds is 6. The van der Waals surface area contributed by atoms with Crippen LogP contribution in [0.2, 0.25) is 0 Å². The van der Waals surface area contributed by atoms with Crippen LogP contribution in [0, 0.1) is 0 Å². The molecule has 1 aromatic carbocycles. The van der Waals surface area contributed by atoms with Crippen molar-refractivity contribution in [2.75, 3.05) is 19.6 Å². The van der Waals surface area contributed by atoms with Gasteiger partial charge in [0.15, 0.2) is 0 Å². The van der Waals surface area contributed by atoms with Crippen molar-refractivity contribution in [3.63, 3.8) is 0 Å². The molecule has 6 heteroatoms. The van der Waals surface area contributed by atoms with Crippen LogP contribution in [0.15, 0.2) is 21.1 Å². The van der Waals surface area contributed by atoms with E-state index < -0.39 is 0 Å². The van der Waals surface area contributed by atoms with Crippen LogP contribution in [0.4, 0.5) is 0 Å². The molecule has 0 bridgehead atoms. The second kappa shape index (κ2) is 7.87. The molecule has 0 aliphatic heterocycles. The maximum absolute atomic E-state index is 11.6. The summed E-state index contributed by atoms with van der Waals surface area (Å²) in [6.07, 6.45) is 0. The van der Waals surface area contributed by atoms with Crippen LogP contribution < -0.4 is 5.32 Å². The number of halogens is 2. The number of hydrogen-bond acceptors (Lipinski definition) is 3. The molecule has 0 spiro atoms. The fraction of sp³-hybridized carbons (Fsp3) is 0.462. The molecule has 0 saturated carbocycles. The monoisotopic (exact) mass is 392 g/mol. The van der Waals surface area contributed by atoms with Crippen LogP contribution in [0.1, 0.15) is 19.4 Å². The lowest BCUT2D eigenvalue weighted by atomic mass is 10.2. The van der Waals surface area contributed by atoms with E-state index in [1.54, 1.807) is 0 Å². The Bertz CT molecular complexity index is 429. The van der Waals surface area contributed by atoms with Gasteiger partial charge in [0.2, 0.25) is 5.91 Å². The van der Waals surface area contributed by atoms with Crippen molar-refractivity contribution in [1.29, 1.82) is 0 Å². The lowest BCUT2D eigenvalue weighted by Gasteiger charge is -2.20. The van der Waals surface area contributed by atoms with Gasteiger partial charge in [-0.25, -0.2) is 0 Å². The smallest absolute Gasteiger partial charge is 0.234 e. The third kappa shape index (κ3) is 5.12. The quantitative estimate of drug-likeness (QED) is 0.781. The maximum atomic E-state index is 11.6. The summed E-state index contributed by atoms with van der Waals surface area (Å²) in [7, 11) is 0. The molecule has 0 atom stereocenters. The van der Waals surface area contributed by atoms with E-state index in [-0.39, 0.29) is 11.7 Å². The second-order valence-corrected chi connectivity index (χ2v) is 5.87. The standard InChI is InChI=1S/C13H18Br2N2O2/c1-3-16-12(18)8-17(4-2)7-9-5-10(14)13(19)11(15)6-9/h5-6,19H,3-4,7-8H2,1-2H3,(H,16,18). The summed E-state index contributed by atoms with van der Waals surface area (Å²) in [6.45, 7) is 6.39. The van der Waals surface area contributed by atoms with Crippen LogP contribution in [0.5, 0.6) is 5.75 Å².